The molecule has 1 aliphatic carbocycles. The van der Waals surface area contributed by atoms with Crippen LogP contribution >= 0.6 is 0 Å². The van der Waals surface area contributed by atoms with Crippen molar-refractivity contribution in [2.45, 2.75) is 64.5 Å². The summed E-state index contributed by atoms with van der Waals surface area (Å²) in [5.41, 5.74) is 4.45. The van der Waals surface area contributed by atoms with Crippen molar-refractivity contribution in [2.24, 2.45) is 5.92 Å². The van der Waals surface area contributed by atoms with Crippen LogP contribution in [-0.4, -0.2) is 18.8 Å². The molecule has 0 aromatic heterocycles. The minimum atomic E-state index is 0.232. The maximum atomic E-state index is 6.12. The largest absolute Gasteiger partial charge is 0.375 e. The number of nitrogens with one attached hydrogen (secondary N) is 1. The lowest BCUT2D eigenvalue weighted by atomic mass is 9.69. The van der Waals surface area contributed by atoms with Crippen LogP contribution in [0.3, 0.4) is 0 Å². The van der Waals surface area contributed by atoms with Gasteiger partial charge in [-0.3, -0.25) is 0 Å². The van der Waals surface area contributed by atoms with Crippen LogP contribution in [0.1, 0.15) is 61.8 Å². The van der Waals surface area contributed by atoms with Gasteiger partial charge in [-0.1, -0.05) is 36.2 Å². The zero-order valence-corrected chi connectivity index (χ0v) is 13.7. The van der Waals surface area contributed by atoms with Crippen LogP contribution in [0.4, 0.5) is 0 Å². The third kappa shape index (κ3) is 3.17. The Balaban J connectivity index is 1.83. The Bertz CT molecular complexity index is 472. The first-order chi connectivity index (χ1) is 10.1. The number of hydrogen-bond acceptors (Lipinski definition) is 2. The molecule has 0 bridgehead atoms. The topological polar surface area (TPSA) is 21.3 Å². The zero-order valence-electron chi connectivity index (χ0n) is 13.7. The molecule has 1 aromatic carbocycles. The highest BCUT2D eigenvalue weighted by atomic mass is 16.5. The van der Waals surface area contributed by atoms with Gasteiger partial charge in [-0.15, -0.1) is 0 Å². The predicted octanol–water partition coefficient (Wildman–Crippen LogP) is 4.30. The highest BCUT2D eigenvalue weighted by Crippen LogP contribution is 2.47. The molecule has 0 amide bonds. The van der Waals surface area contributed by atoms with Crippen molar-refractivity contribution in [2.75, 3.05) is 13.2 Å². The predicted molar refractivity (Wildman–Crippen MR) is 87.6 cm³/mol. The third-order valence-corrected chi connectivity index (χ3v) is 5.29. The van der Waals surface area contributed by atoms with E-state index in [0.717, 1.165) is 13.2 Å². The Labute approximate surface area is 129 Å². The molecule has 2 nitrogen and oxygen atoms in total. The first-order valence-corrected chi connectivity index (χ1v) is 8.57. The lowest BCUT2D eigenvalue weighted by molar-refractivity contribution is -0.147. The summed E-state index contributed by atoms with van der Waals surface area (Å²) in [5, 5.41) is 3.75. The Morgan fingerprint density at radius 3 is 2.52 bits per heavy atom. The van der Waals surface area contributed by atoms with Crippen LogP contribution < -0.4 is 5.32 Å². The van der Waals surface area contributed by atoms with Crippen molar-refractivity contribution in [3.8, 4) is 0 Å². The fourth-order valence-electron chi connectivity index (χ4n) is 4.24. The van der Waals surface area contributed by atoms with Crippen molar-refractivity contribution in [3.63, 3.8) is 0 Å². The Kier molecular flexibility index (Phi) is 4.37. The summed E-state index contributed by atoms with van der Waals surface area (Å²) >= 11 is 0. The Morgan fingerprint density at radius 2 is 1.95 bits per heavy atom. The number of aryl methyl sites for hydroxylation is 2. The van der Waals surface area contributed by atoms with E-state index in [1.807, 2.05) is 0 Å². The molecule has 1 N–H and O–H groups in total. The van der Waals surface area contributed by atoms with E-state index in [-0.39, 0.29) is 5.60 Å². The second kappa shape index (κ2) is 6.10. The standard InChI is InChI=1S/C19H29NO/c1-4-20-18(17-11-14(2)10-15(3)12-17)16-6-9-21-19(13-16)7-5-8-19/h10-12,16,18,20H,4-9,13H2,1-3H3. The van der Waals surface area contributed by atoms with Crippen LogP contribution in [0.15, 0.2) is 18.2 Å². The van der Waals surface area contributed by atoms with E-state index in [4.69, 9.17) is 4.74 Å². The van der Waals surface area contributed by atoms with Gasteiger partial charge >= 0.3 is 0 Å². The van der Waals surface area contributed by atoms with Gasteiger partial charge in [0, 0.05) is 12.6 Å². The van der Waals surface area contributed by atoms with E-state index in [9.17, 15) is 0 Å². The second-order valence-corrected chi connectivity index (χ2v) is 7.09. The van der Waals surface area contributed by atoms with Crippen LogP contribution in [0.5, 0.6) is 0 Å². The fraction of sp³-hybridized carbons (Fsp3) is 0.684. The molecule has 2 atom stereocenters. The second-order valence-electron chi connectivity index (χ2n) is 7.09. The molecular weight excluding hydrogens is 258 g/mol. The highest BCUT2D eigenvalue weighted by molar-refractivity contribution is 5.31. The van der Waals surface area contributed by atoms with Crippen LogP contribution in [0, 0.1) is 19.8 Å². The molecule has 2 unspecified atom stereocenters. The highest BCUT2D eigenvalue weighted by Gasteiger charge is 2.44. The minimum Gasteiger partial charge on any atom is -0.375 e. The Morgan fingerprint density at radius 1 is 1.24 bits per heavy atom. The minimum absolute atomic E-state index is 0.232. The fourth-order valence-corrected chi connectivity index (χ4v) is 4.24. The van der Waals surface area contributed by atoms with Crippen LogP contribution in [-0.2, 0) is 4.74 Å². The molecule has 1 heterocycles. The molecule has 116 valence electrons. The molecule has 1 saturated carbocycles. The summed E-state index contributed by atoms with van der Waals surface area (Å²) < 4.78 is 6.12. The molecule has 2 fully saturated rings. The van der Waals surface area contributed by atoms with E-state index in [1.54, 1.807) is 0 Å². The van der Waals surface area contributed by atoms with E-state index in [2.05, 4.69) is 44.3 Å². The Hall–Kier alpha value is -0.860. The molecule has 1 aliphatic heterocycles. The van der Waals surface area contributed by atoms with Gasteiger partial charge in [0.1, 0.15) is 0 Å². The van der Waals surface area contributed by atoms with Crippen molar-refractivity contribution in [1.82, 2.24) is 5.32 Å². The maximum absolute atomic E-state index is 6.12. The third-order valence-electron chi connectivity index (χ3n) is 5.29. The SMILES string of the molecule is CCNC(c1cc(C)cc(C)c1)C1CCOC2(CCC2)C1. The molecule has 1 aromatic rings. The monoisotopic (exact) mass is 287 g/mol. The van der Waals surface area contributed by atoms with Crippen LogP contribution in [0.2, 0.25) is 0 Å². The lowest BCUT2D eigenvalue weighted by Gasteiger charge is -2.49. The van der Waals surface area contributed by atoms with Gasteiger partial charge in [-0.05, 0) is 64.0 Å². The first kappa shape index (κ1) is 15.1. The average molecular weight is 287 g/mol. The molecular formula is C19H29NO. The van der Waals surface area contributed by atoms with E-state index < -0.39 is 0 Å². The summed E-state index contributed by atoms with van der Waals surface area (Å²) in [5.74, 6) is 0.709. The molecule has 2 heteroatoms. The average Bonchev–Trinajstić information content (AvgIpc) is 2.42. The summed E-state index contributed by atoms with van der Waals surface area (Å²) in [4.78, 5) is 0. The van der Waals surface area contributed by atoms with Crippen molar-refractivity contribution >= 4 is 0 Å². The van der Waals surface area contributed by atoms with Crippen molar-refractivity contribution in [1.29, 1.82) is 0 Å². The summed E-state index contributed by atoms with van der Waals surface area (Å²) in [6.45, 7) is 8.60. The van der Waals surface area contributed by atoms with Gasteiger partial charge < -0.3 is 10.1 Å². The van der Waals surface area contributed by atoms with Gasteiger partial charge in [-0.25, -0.2) is 0 Å². The zero-order chi connectivity index (χ0) is 14.9. The van der Waals surface area contributed by atoms with Gasteiger partial charge in [0.05, 0.1) is 5.60 Å². The molecule has 0 radical (unpaired) electrons. The van der Waals surface area contributed by atoms with Gasteiger partial charge in [0.25, 0.3) is 0 Å². The van der Waals surface area contributed by atoms with Crippen molar-refractivity contribution < 1.29 is 4.74 Å². The molecule has 1 saturated heterocycles. The number of benzene rings is 1. The van der Waals surface area contributed by atoms with Gasteiger partial charge in [0.2, 0.25) is 0 Å². The smallest absolute Gasteiger partial charge is 0.0686 e. The quantitative estimate of drug-likeness (QED) is 0.891. The van der Waals surface area contributed by atoms with Crippen molar-refractivity contribution in [3.05, 3.63) is 34.9 Å². The van der Waals surface area contributed by atoms with E-state index >= 15 is 0 Å². The normalized spacial score (nSPS) is 25.6. The molecule has 1 spiro atoms. The summed E-state index contributed by atoms with van der Waals surface area (Å²) in [6, 6.07) is 7.48. The molecule has 21 heavy (non-hydrogen) atoms. The first-order valence-electron chi connectivity index (χ1n) is 8.57. The number of ether oxygens (including phenoxy) is 1. The molecule has 3 rings (SSSR count). The molecule has 2 aliphatic rings. The summed E-state index contributed by atoms with van der Waals surface area (Å²) in [6.07, 6.45) is 6.32. The number of hydrogen-bond donors (Lipinski definition) is 1. The van der Waals surface area contributed by atoms with Gasteiger partial charge in [0.15, 0.2) is 0 Å². The lowest BCUT2D eigenvalue weighted by Crippen LogP contribution is -2.48. The van der Waals surface area contributed by atoms with E-state index in [1.165, 1.54) is 48.8 Å². The van der Waals surface area contributed by atoms with Gasteiger partial charge in [-0.2, -0.15) is 0 Å². The summed E-state index contributed by atoms with van der Waals surface area (Å²) in [7, 11) is 0. The van der Waals surface area contributed by atoms with E-state index in [0.29, 0.717) is 12.0 Å². The number of rotatable bonds is 4. The maximum Gasteiger partial charge on any atom is 0.0686 e. The van der Waals surface area contributed by atoms with Crippen LogP contribution in [0.25, 0.3) is 0 Å².